The molecule has 10 aromatic carbocycles. The van der Waals surface area contributed by atoms with E-state index in [1.54, 1.807) is 0 Å². The Morgan fingerprint density at radius 2 is 0.925 bits per heavy atom. The standard InChI is InChI=1S/C62H38N4S/c1-4-16-40(17-5-1)58-38-51-57(67-58)34-30-52-60(51)61(41-18-6-2-7-19-41)64-62(63-52)66-55-32-29-45(37-50(55)59-47-24-11-10-15-39(47)27-33-56(59)66)43-21-14-20-42(35-43)44-28-31-54-49(36-44)48-25-12-13-26-53(48)65(54)46-22-8-3-9-23-46/h1-38H. The quantitative estimate of drug-likeness (QED) is 0.167. The average Bonchev–Trinajstić information content (AvgIpc) is 4.09. The van der Waals surface area contributed by atoms with E-state index in [0.717, 1.165) is 55.4 Å². The van der Waals surface area contributed by atoms with E-state index in [1.807, 2.05) is 11.3 Å². The Morgan fingerprint density at radius 3 is 1.70 bits per heavy atom. The summed E-state index contributed by atoms with van der Waals surface area (Å²) in [6.45, 7) is 0. The number of nitrogens with zero attached hydrogens (tertiary/aromatic N) is 4. The van der Waals surface area contributed by atoms with Gasteiger partial charge in [-0.05, 0) is 111 Å². The molecule has 312 valence electrons. The topological polar surface area (TPSA) is 35.6 Å². The molecule has 14 aromatic rings. The van der Waals surface area contributed by atoms with Crippen molar-refractivity contribution in [1.82, 2.24) is 19.1 Å². The number of benzene rings is 10. The first-order chi connectivity index (χ1) is 33.2. The Labute approximate surface area is 389 Å². The molecular weight excluding hydrogens is 833 g/mol. The zero-order valence-electron chi connectivity index (χ0n) is 36.1. The lowest BCUT2D eigenvalue weighted by molar-refractivity contribution is 1.01. The predicted molar refractivity (Wildman–Crippen MR) is 283 cm³/mol. The van der Waals surface area contributed by atoms with Gasteiger partial charge in [0, 0.05) is 53.1 Å². The Morgan fingerprint density at radius 1 is 0.328 bits per heavy atom. The van der Waals surface area contributed by atoms with Crippen LogP contribution in [-0.4, -0.2) is 19.1 Å². The third-order valence-corrected chi connectivity index (χ3v) is 14.7. The molecule has 5 heteroatoms. The fourth-order valence-corrected chi connectivity index (χ4v) is 11.5. The molecule has 0 aliphatic heterocycles. The van der Waals surface area contributed by atoms with Gasteiger partial charge in [-0.2, -0.15) is 0 Å². The Bertz CT molecular complexity index is 4260. The van der Waals surface area contributed by atoms with E-state index in [0.29, 0.717) is 5.95 Å². The van der Waals surface area contributed by atoms with Crippen LogP contribution in [0.3, 0.4) is 0 Å². The van der Waals surface area contributed by atoms with Crippen molar-refractivity contribution >= 4 is 86.7 Å². The average molecular weight is 871 g/mol. The molecule has 0 radical (unpaired) electrons. The van der Waals surface area contributed by atoms with Crippen molar-refractivity contribution in [1.29, 1.82) is 0 Å². The summed E-state index contributed by atoms with van der Waals surface area (Å²) in [5, 5.41) is 9.49. The highest BCUT2D eigenvalue weighted by Gasteiger charge is 2.22. The van der Waals surface area contributed by atoms with Gasteiger partial charge in [-0.15, -0.1) is 11.3 Å². The van der Waals surface area contributed by atoms with E-state index in [4.69, 9.17) is 9.97 Å². The van der Waals surface area contributed by atoms with E-state index in [2.05, 4.69) is 240 Å². The number of hydrogen-bond donors (Lipinski definition) is 0. The minimum absolute atomic E-state index is 0.651. The van der Waals surface area contributed by atoms with Gasteiger partial charge in [0.05, 0.1) is 33.3 Å². The number of fused-ring (bicyclic) bond motifs is 11. The third-order valence-electron chi connectivity index (χ3n) is 13.5. The molecular formula is C62H38N4S. The van der Waals surface area contributed by atoms with Gasteiger partial charge in [0.1, 0.15) is 0 Å². The van der Waals surface area contributed by atoms with Crippen LogP contribution in [0.15, 0.2) is 231 Å². The smallest absolute Gasteiger partial charge is 0.235 e. The highest BCUT2D eigenvalue weighted by Crippen LogP contribution is 2.43. The zero-order valence-corrected chi connectivity index (χ0v) is 37.0. The Hall–Kier alpha value is -8.64. The van der Waals surface area contributed by atoms with Crippen molar-refractivity contribution in [2.75, 3.05) is 0 Å². The van der Waals surface area contributed by atoms with Gasteiger partial charge in [-0.25, -0.2) is 9.97 Å². The van der Waals surface area contributed by atoms with Gasteiger partial charge in [0.2, 0.25) is 5.95 Å². The van der Waals surface area contributed by atoms with Gasteiger partial charge < -0.3 is 4.57 Å². The number of para-hydroxylation sites is 2. The lowest BCUT2D eigenvalue weighted by Crippen LogP contribution is -2.03. The Balaban J connectivity index is 0.949. The first-order valence-corrected chi connectivity index (χ1v) is 23.5. The van der Waals surface area contributed by atoms with Crippen LogP contribution < -0.4 is 0 Å². The summed E-state index contributed by atoms with van der Waals surface area (Å²) in [4.78, 5) is 12.3. The highest BCUT2D eigenvalue weighted by atomic mass is 32.1. The molecule has 0 aliphatic carbocycles. The molecule has 14 rings (SSSR count). The van der Waals surface area contributed by atoms with Crippen molar-refractivity contribution in [2.45, 2.75) is 0 Å². The summed E-state index contributed by atoms with van der Waals surface area (Å²) in [6, 6.07) is 83.3. The minimum Gasteiger partial charge on any atom is -0.309 e. The summed E-state index contributed by atoms with van der Waals surface area (Å²) in [7, 11) is 0. The zero-order chi connectivity index (χ0) is 44.0. The molecule has 0 saturated heterocycles. The number of hydrogen-bond acceptors (Lipinski definition) is 3. The van der Waals surface area contributed by atoms with Gasteiger partial charge >= 0.3 is 0 Å². The van der Waals surface area contributed by atoms with Crippen LogP contribution in [0.2, 0.25) is 0 Å². The predicted octanol–water partition coefficient (Wildman–Crippen LogP) is 16.9. The van der Waals surface area contributed by atoms with Crippen molar-refractivity contribution in [3.63, 3.8) is 0 Å². The molecule has 0 atom stereocenters. The summed E-state index contributed by atoms with van der Waals surface area (Å²) in [5.41, 5.74) is 14.5. The molecule has 0 unspecified atom stereocenters. The van der Waals surface area contributed by atoms with Crippen LogP contribution >= 0.6 is 11.3 Å². The monoisotopic (exact) mass is 870 g/mol. The normalized spacial score (nSPS) is 11.9. The van der Waals surface area contributed by atoms with Gasteiger partial charge in [0.15, 0.2) is 0 Å². The second kappa shape index (κ2) is 15.0. The van der Waals surface area contributed by atoms with Gasteiger partial charge in [0.25, 0.3) is 0 Å². The minimum atomic E-state index is 0.651. The molecule has 0 aliphatic rings. The van der Waals surface area contributed by atoms with E-state index >= 15 is 0 Å². The number of rotatable bonds is 6. The first-order valence-electron chi connectivity index (χ1n) is 22.7. The maximum atomic E-state index is 5.57. The van der Waals surface area contributed by atoms with Crippen molar-refractivity contribution in [3.8, 4) is 55.6 Å². The first kappa shape index (κ1) is 37.7. The van der Waals surface area contributed by atoms with Gasteiger partial charge in [-0.3, -0.25) is 4.57 Å². The fraction of sp³-hybridized carbons (Fsp3) is 0. The largest absolute Gasteiger partial charge is 0.309 e. The second-order valence-corrected chi connectivity index (χ2v) is 18.4. The number of thiophene rings is 1. The third kappa shape index (κ3) is 5.99. The molecule has 4 nitrogen and oxygen atoms in total. The highest BCUT2D eigenvalue weighted by molar-refractivity contribution is 7.22. The maximum Gasteiger partial charge on any atom is 0.235 e. The lowest BCUT2D eigenvalue weighted by atomic mass is 9.96. The molecule has 0 amide bonds. The summed E-state index contributed by atoms with van der Waals surface area (Å²) in [6.07, 6.45) is 0. The van der Waals surface area contributed by atoms with E-state index in [-0.39, 0.29) is 0 Å². The molecule has 67 heavy (non-hydrogen) atoms. The van der Waals surface area contributed by atoms with Crippen LogP contribution in [0.1, 0.15) is 0 Å². The van der Waals surface area contributed by atoms with Crippen molar-refractivity contribution in [3.05, 3.63) is 231 Å². The van der Waals surface area contributed by atoms with E-state index in [9.17, 15) is 0 Å². The molecule has 4 heterocycles. The van der Waals surface area contributed by atoms with Crippen LogP contribution in [0.25, 0.3) is 131 Å². The van der Waals surface area contributed by atoms with Crippen molar-refractivity contribution in [2.24, 2.45) is 0 Å². The molecule has 0 saturated carbocycles. The molecule has 0 spiro atoms. The lowest BCUT2D eigenvalue weighted by Gasteiger charge is -2.13. The summed E-state index contributed by atoms with van der Waals surface area (Å²) >= 11 is 1.81. The van der Waals surface area contributed by atoms with Crippen LogP contribution in [0.4, 0.5) is 0 Å². The molecule has 4 aromatic heterocycles. The molecule has 0 fully saturated rings. The van der Waals surface area contributed by atoms with Crippen LogP contribution in [-0.2, 0) is 0 Å². The van der Waals surface area contributed by atoms with Crippen LogP contribution in [0, 0.1) is 0 Å². The Kier molecular flexibility index (Phi) is 8.42. The van der Waals surface area contributed by atoms with Crippen molar-refractivity contribution < 1.29 is 0 Å². The summed E-state index contributed by atoms with van der Waals surface area (Å²) in [5.74, 6) is 0.651. The van der Waals surface area contributed by atoms with Gasteiger partial charge in [-0.1, -0.05) is 158 Å². The fourth-order valence-electron chi connectivity index (χ4n) is 10.5. The SMILES string of the molecule is c1ccc(-c2cc3c(ccc4nc(-n5c6ccc(-c7cccc(-c8ccc9c(c8)c8ccccc8n9-c8ccccc8)c7)cc6c6c7ccccc7ccc65)nc(-c5ccccc5)c43)s2)cc1. The van der Waals surface area contributed by atoms with Crippen LogP contribution in [0.5, 0.6) is 0 Å². The number of aromatic nitrogens is 4. The molecule has 0 bridgehead atoms. The van der Waals surface area contributed by atoms with E-state index in [1.165, 1.54) is 69.6 Å². The second-order valence-electron chi connectivity index (χ2n) is 17.3. The van der Waals surface area contributed by atoms with E-state index < -0.39 is 0 Å². The maximum absolute atomic E-state index is 5.57. The molecule has 0 N–H and O–H groups in total. The summed E-state index contributed by atoms with van der Waals surface area (Å²) < 4.78 is 5.86.